The number of nitrogens with one attached hydrogen (secondary N) is 1. The minimum Gasteiger partial charge on any atom is -0.465 e. The van der Waals surface area contributed by atoms with Crippen molar-refractivity contribution in [1.29, 1.82) is 0 Å². The third-order valence-corrected chi connectivity index (χ3v) is 5.99. The molecule has 1 atom stereocenters. The molecule has 218 valence electrons. The Morgan fingerprint density at radius 1 is 1.05 bits per heavy atom. The van der Waals surface area contributed by atoms with Crippen molar-refractivity contribution in [3.63, 3.8) is 0 Å². The van der Waals surface area contributed by atoms with Gasteiger partial charge < -0.3 is 20.2 Å². The molecule has 2 aliphatic rings. The predicted octanol–water partition coefficient (Wildman–Crippen LogP) is 3.32. The lowest BCUT2D eigenvalue weighted by atomic mass is 10.0. The number of carbonyl (C=O) groups excluding carboxylic acids is 2. The Morgan fingerprint density at radius 2 is 1.69 bits per heavy atom. The van der Waals surface area contributed by atoms with Crippen LogP contribution < -0.4 is 5.32 Å². The summed E-state index contributed by atoms with van der Waals surface area (Å²) in [6.45, 7) is -3.18. The summed E-state index contributed by atoms with van der Waals surface area (Å²) in [7, 11) is 0. The average molecular weight is 583 g/mol. The predicted molar refractivity (Wildman–Crippen MR) is 106 cm³/mol. The summed E-state index contributed by atoms with van der Waals surface area (Å²) in [5, 5.41) is 10.9. The normalized spacial score (nSPS) is 19.0. The highest BCUT2D eigenvalue weighted by Crippen LogP contribution is 2.44. The highest BCUT2D eigenvalue weighted by molar-refractivity contribution is 5.79. The number of aromatic nitrogens is 2. The Morgan fingerprint density at radius 3 is 2.26 bits per heavy atom. The zero-order chi connectivity index (χ0) is 29.6. The van der Waals surface area contributed by atoms with Gasteiger partial charge in [-0.3, -0.25) is 9.59 Å². The van der Waals surface area contributed by atoms with Crippen molar-refractivity contribution in [2.45, 2.75) is 62.5 Å². The van der Waals surface area contributed by atoms with Gasteiger partial charge in [0.25, 0.3) is 5.92 Å². The number of likely N-dealkylation sites (tertiary alicyclic amines) is 1. The molecule has 0 unspecified atom stereocenters. The van der Waals surface area contributed by atoms with Crippen molar-refractivity contribution in [3.8, 4) is 0 Å². The molecule has 0 spiro atoms. The molecular formula is C20H19F10N5O4. The maximum Gasteiger partial charge on any atom is 0.461 e. The molecule has 39 heavy (non-hydrogen) atoms. The molecule has 3 rings (SSSR count). The van der Waals surface area contributed by atoms with Gasteiger partial charge in [-0.05, 0) is 6.42 Å². The van der Waals surface area contributed by atoms with Crippen LogP contribution in [0.4, 0.5) is 48.7 Å². The van der Waals surface area contributed by atoms with Gasteiger partial charge in [-0.1, -0.05) is 0 Å². The van der Waals surface area contributed by atoms with Crippen molar-refractivity contribution in [2.24, 2.45) is 0 Å². The molecule has 3 amide bonds. The lowest BCUT2D eigenvalue weighted by Crippen LogP contribution is -2.53. The molecule has 2 N–H and O–H groups in total. The van der Waals surface area contributed by atoms with Gasteiger partial charge in [-0.25, -0.2) is 23.5 Å². The number of fused-ring (bicyclic) bond motifs is 1. The number of nitrogens with zero attached hydrogens (tertiary/aromatic N) is 4. The van der Waals surface area contributed by atoms with Crippen LogP contribution in [0.1, 0.15) is 42.0 Å². The smallest absolute Gasteiger partial charge is 0.461 e. The fraction of sp³-hybridized carbons (Fsp3) is 0.650. The first-order chi connectivity index (χ1) is 17.7. The highest BCUT2D eigenvalue weighted by Gasteiger charge is 2.62. The maximum absolute atomic E-state index is 13.8. The second-order valence-corrected chi connectivity index (χ2v) is 8.94. The second-order valence-electron chi connectivity index (χ2n) is 8.94. The molecule has 2 aliphatic heterocycles. The summed E-state index contributed by atoms with van der Waals surface area (Å²) in [6.07, 6.45) is -16.2. The molecule has 0 aliphatic carbocycles. The van der Waals surface area contributed by atoms with Crippen molar-refractivity contribution in [3.05, 3.63) is 22.8 Å². The summed E-state index contributed by atoms with van der Waals surface area (Å²) >= 11 is 0. The standard InChI is InChI=1S/C20H19F10N5O4/c21-17(22)3-1-12(36)35(8-17)6-9(31-16(38)39)5-13(37)34-4-2-10-11(7-34)32-15(18(23,24)20(28,29)30)33-14(10)19(25,26)27/h9,31H,1-8H2,(H,38,39)/t9-/m0/s1. The SMILES string of the molecule is O=C(O)N[C@@H](CC(=O)N1CCc2c(nc(C(F)(F)C(F)(F)F)nc2C(F)(F)F)C1)CN1CC(F)(F)CCC1=O. The van der Waals surface area contributed by atoms with Crippen LogP contribution in [-0.2, 0) is 34.7 Å². The van der Waals surface area contributed by atoms with E-state index in [0.717, 1.165) is 4.90 Å². The van der Waals surface area contributed by atoms with Crippen LogP contribution in [0.2, 0.25) is 0 Å². The van der Waals surface area contributed by atoms with Crippen molar-refractivity contribution in [1.82, 2.24) is 25.1 Å². The molecule has 1 saturated heterocycles. The maximum atomic E-state index is 13.8. The van der Waals surface area contributed by atoms with E-state index >= 15 is 0 Å². The van der Waals surface area contributed by atoms with Gasteiger partial charge in [-0.15, -0.1) is 0 Å². The van der Waals surface area contributed by atoms with E-state index in [4.69, 9.17) is 5.11 Å². The zero-order valence-corrected chi connectivity index (χ0v) is 19.5. The van der Waals surface area contributed by atoms with Crippen molar-refractivity contribution < 1.29 is 63.4 Å². The monoisotopic (exact) mass is 583 g/mol. The largest absolute Gasteiger partial charge is 0.465 e. The van der Waals surface area contributed by atoms with E-state index in [1.165, 1.54) is 0 Å². The van der Waals surface area contributed by atoms with E-state index in [1.54, 1.807) is 0 Å². The molecule has 0 bridgehead atoms. The van der Waals surface area contributed by atoms with E-state index in [1.807, 2.05) is 5.32 Å². The first-order valence-corrected chi connectivity index (χ1v) is 11.1. The first-order valence-electron chi connectivity index (χ1n) is 11.1. The molecule has 1 aromatic heterocycles. The number of carboxylic acid groups (broad SMARTS) is 1. The number of rotatable bonds is 6. The number of carbonyl (C=O) groups is 3. The van der Waals surface area contributed by atoms with Gasteiger partial charge in [0.2, 0.25) is 17.6 Å². The van der Waals surface area contributed by atoms with Crippen molar-refractivity contribution >= 4 is 17.9 Å². The molecular weight excluding hydrogens is 564 g/mol. The summed E-state index contributed by atoms with van der Waals surface area (Å²) in [5.41, 5.74) is -3.74. The van der Waals surface area contributed by atoms with E-state index in [2.05, 4.69) is 9.97 Å². The van der Waals surface area contributed by atoms with Crippen LogP contribution >= 0.6 is 0 Å². The first kappa shape index (κ1) is 30.1. The zero-order valence-electron chi connectivity index (χ0n) is 19.5. The average Bonchev–Trinajstić information content (AvgIpc) is 2.78. The van der Waals surface area contributed by atoms with Crippen LogP contribution in [0.15, 0.2) is 0 Å². The molecule has 1 fully saturated rings. The van der Waals surface area contributed by atoms with E-state index in [-0.39, 0.29) is 0 Å². The Kier molecular flexibility index (Phi) is 7.95. The number of hydrogen-bond acceptors (Lipinski definition) is 5. The summed E-state index contributed by atoms with van der Waals surface area (Å²) in [4.78, 5) is 42.8. The lowest BCUT2D eigenvalue weighted by molar-refractivity contribution is -0.293. The number of halogens is 10. The van der Waals surface area contributed by atoms with E-state index in [9.17, 15) is 58.3 Å². The Hall–Kier alpha value is -3.41. The number of alkyl halides is 10. The Bertz CT molecular complexity index is 1140. The quantitative estimate of drug-likeness (QED) is 0.497. The van der Waals surface area contributed by atoms with Crippen LogP contribution in [-0.4, -0.2) is 80.6 Å². The Labute approximate surface area is 212 Å². The fourth-order valence-electron chi connectivity index (χ4n) is 4.15. The number of amides is 3. The van der Waals surface area contributed by atoms with Gasteiger partial charge in [0.05, 0.1) is 24.8 Å². The van der Waals surface area contributed by atoms with E-state index < -0.39 is 123 Å². The molecule has 3 heterocycles. The fourth-order valence-corrected chi connectivity index (χ4v) is 4.15. The topological polar surface area (TPSA) is 116 Å². The number of hydrogen-bond donors (Lipinski definition) is 2. The third-order valence-electron chi connectivity index (χ3n) is 5.99. The third kappa shape index (κ3) is 6.78. The van der Waals surface area contributed by atoms with Gasteiger partial charge in [0, 0.05) is 37.9 Å². The molecule has 1 aromatic rings. The minimum atomic E-state index is -6.33. The van der Waals surface area contributed by atoms with E-state index in [0.29, 0.717) is 4.90 Å². The molecule has 9 nitrogen and oxygen atoms in total. The van der Waals surface area contributed by atoms with Gasteiger partial charge >= 0.3 is 24.4 Å². The van der Waals surface area contributed by atoms with Crippen LogP contribution in [0.25, 0.3) is 0 Å². The molecule has 0 saturated carbocycles. The van der Waals surface area contributed by atoms with Crippen LogP contribution in [0.5, 0.6) is 0 Å². The lowest BCUT2D eigenvalue weighted by Gasteiger charge is -2.35. The number of piperidine rings is 1. The summed E-state index contributed by atoms with van der Waals surface area (Å²) in [6, 6.07) is -1.46. The van der Waals surface area contributed by atoms with Crippen LogP contribution in [0, 0.1) is 0 Å². The van der Waals surface area contributed by atoms with Crippen LogP contribution in [0.3, 0.4) is 0 Å². The Balaban J connectivity index is 1.86. The van der Waals surface area contributed by atoms with Gasteiger partial charge in [0.1, 0.15) is 0 Å². The molecule has 19 heteroatoms. The second kappa shape index (κ2) is 10.3. The minimum absolute atomic E-state index is 0.506. The molecule has 0 radical (unpaired) electrons. The summed E-state index contributed by atoms with van der Waals surface area (Å²) in [5.74, 6) is -13.4. The highest BCUT2D eigenvalue weighted by atomic mass is 19.4. The van der Waals surface area contributed by atoms with Gasteiger partial charge in [0.15, 0.2) is 5.69 Å². The van der Waals surface area contributed by atoms with Gasteiger partial charge in [-0.2, -0.15) is 35.1 Å². The van der Waals surface area contributed by atoms with Crippen molar-refractivity contribution in [2.75, 3.05) is 19.6 Å². The summed E-state index contributed by atoms with van der Waals surface area (Å²) < 4.78 is 134. The molecule has 0 aromatic carbocycles.